The van der Waals surface area contributed by atoms with Crippen molar-refractivity contribution >= 4 is 35.6 Å². The number of carbonyl (C=O) groups excluding carboxylic acids is 3. The molecule has 1 saturated heterocycles. The Morgan fingerprint density at radius 1 is 1.07 bits per heavy atom. The largest absolute Gasteiger partial charge is 0.479 e. The second-order valence-electron chi connectivity index (χ2n) is 6.97. The van der Waals surface area contributed by atoms with Crippen molar-refractivity contribution in [3.63, 3.8) is 0 Å². The zero-order valence-electron chi connectivity index (χ0n) is 16.6. The van der Waals surface area contributed by atoms with E-state index >= 15 is 0 Å². The number of carboxylic acid groups (broad SMARTS) is 1. The van der Waals surface area contributed by atoms with Gasteiger partial charge in [-0.15, -0.1) is 0 Å². The monoisotopic (exact) mass is 408 g/mol. The van der Waals surface area contributed by atoms with Gasteiger partial charge in [-0.2, -0.15) is 0 Å². The molecule has 0 aromatic heterocycles. The van der Waals surface area contributed by atoms with Gasteiger partial charge in [-0.1, -0.05) is 18.2 Å². The van der Waals surface area contributed by atoms with Crippen molar-refractivity contribution in [3.05, 3.63) is 64.7 Å². The molecule has 0 saturated carbocycles. The number of carboxylic acids is 1. The van der Waals surface area contributed by atoms with E-state index in [4.69, 9.17) is 9.84 Å². The van der Waals surface area contributed by atoms with Crippen molar-refractivity contribution in [1.82, 2.24) is 5.32 Å². The highest BCUT2D eigenvalue weighted by Gasteiger charge is 2.36. The van der Waals surface area contributed by atoms with E-state index < -0.39 is 29.9 Å². The van der Waals surface area contributed by atoms with E-state index in [1.54, 1.807) is 24.3 Å². The van der Waals surface area contributed by atoms with Crippen molar-refractivity contribution in [3.8, 4) is 5.75 Å². The summed E-state index contributed by atoms with van der Waals surface area (Å²) in [6.45, 7) is 5.10. The second kappa shape index (κ2) is 8.20. The second-order valence-corrected chi connectivity index (χ2v) is 6.97. The lowest BCUT2D eigenvalue weighted by Crippen LogP contribution is -2.54. The molecule has 2 aromatic rings. The zero-order chi connectivity index (χ0) is 22.0. The number of rotatable bonds is 5. The summed E-state index contributed by atoms with van der Waals surface area (Å²) in [6, 6.07) is 10.7. The fourth-order valence-electron chi connectivity index (χ4n) is 3.04. The molecular formula is C22H20N2O6. The van der Waals surface area contributed by atoms with Gasteiger partial charge < -0.3 is 9.84 Å². The van der Waals surface area contributed by atoms with Gasteiger partial charge in [0.15, 0.2) is 6.10 Å². The van der Waals surface area contributed by atoms with Gasteiger partial charge in [0.2, 0.25) is 0 Å². The first-order valence-corrected chi connectivity index (χ1v) is 9.15. The molecule has 0 spiro atoms. The molecule has 0 radical (unpaired) electrons. The van der Waals surface area contributed by atoms with Crippen molar-refractivity contribution in [2.45, 2.75) is 26.9 Å². The van der Waals surface area contributed by atoms with Crippen LogP contribution in [0, 0.1) is 13.8 Å². The fourth-order valence-corrected chi connectivity index (χ4v) is 3.04. The van der Waals surface area contributed by atoms with Crippen LogP contribution in [0.4, 0.5) is 10.5 Å². The Kier molecular flexibility index (Phi) is 5.68. The smallest absolute Gasteiger partial charge is 0.344 e. The lowest BCUT2D eigenvalue weighted by atomic mass is 10.1. The van der Waals surface area contributed by atoms with E-state index in [1.807, 2.05) is 19.9 Å². The standard InChI is InChI=1S/C22H20N2O6/c1-12-8-13(2)10-16(9-12)24-20(26)18(19(25)23-22(24)29)11-15-4-6-17(7-5-15)30-14(3)21(27)28/h4-11,14H,1-3H3,(H,27,28)(H,23,25,29)/b18-11+/t14-/m1/s1. The summed E-state index contributed by atoms with van der Waals surface area (Å²) < 4.78 is 5.25. The van der Waals surface area contributed by atoms with Gasteiger partial charge in [0.25, 0.3) is 11.8 Å². The molecular weight excluding hydrogens is 388 g/mol. The van der Waals surface area contributed by atoms with Crippen LogP contribution >= 0.6 is 0 Å². The van der Waals surface area contributed by atoms with Gasteiger partial charge in [0.05, 0.1) is 5.69 Å². The summed E-state index contributed by atoms with van der Waals surface area (Å²) in [7, 11) is 0. The molecule has 0 bridgehead atoms. The first-order valence-electron chi connectivity index (χ1n) is 9.15. The van der Waals surface area contributed by atoms with E-state index in [1.165, 1.54) is 25.1 Å². The van der Waals surface area contributed by atoms with Gasteiger partial charge in [-0.3, -0.25) is 14.9 Å². The highest BCUT2D eigenvalue weighted by atomic mass is 16.5. The molecule has 1 aliphatic rings. The number of nitrogens with zero attached hydrogens (tertiary/aromatic N) is 1. The number of ether oxygens (including phenoxy) is 1. The van der Waals surface area contributed by atoms with Crippen LogP contribution in [0.5, 0.6) is 5.75 Å². The van der Waals surface area contributed by atoms with Crippen LogP contribution < -0.4 is 15.0 Å². The summed E-state index contributed by atoms with van der Waals surface area (Å²) >= 11 is 0. The molecule has 0 unspecified atom stereocenters. The number of hydrogen-bond donors (Lipinski definition) is 2. The lowest BCUT2D eigenvalue weighted by Gasteiger charge is -2.27. The Labute approximate surface area is 172 Å². The highest BCUT2D eigenvalue weighted by molar-refractivity contribution is 6.39. The van der Waals surface area contributed by atoms with Crippen molar-refractivity contribution in [2.24, 2.45) is 0 Å². The summed E-state index contributed by atoms with van der Waals surface area (Å²) in [5, 5.41) is 11.1. The average Bonchev–Trinajstić information content (AvgIpc) is 2.65. The Hall–Kier alpha value is -3.94. The zero-order valence-corrected chi connectivity index (χ0v) is 16.6. The Bertz CT molecular complexity index is 1050. The number of imide groups is 2. The average molecular weight is 408 g/mol. The predicted molar refractivity (Wildman–Crippen MR) is 109 cm³/mol. The molecule has 3 rings (SSSR count). The fraction of sp³-hybridized carbons (Fsp3) is 0.182. The van der Waals surface area contributed by atoms with Crippen LogP contribution in [0.3, 0.4) is 0 Å². The molecule has 1 fully saturated rings. The number of barbiturate groups is 1. The van der Waals surface area contributed by atoms with Gasteiger partial charge >= 0.3 is 12.0 Å². The number of aryl methyl sites for hydroxylation is 2. The topological polar surface area (TPSA) is 113 Å². The molecule has 1 heterocycles. The summed E-state index contributed by atoms with van der Waals surface area (Å²) in [5.41, 5.74) is 2.44. The third-order valence-electron chi connectivity index (χ3n) is 4.42. The van der Waals surface area contributed by atoms with E-state index in [9.17, 15) is 19.2 Å². The van der Waals surface area contributed by atoms with Crippen LogP contribution in [0.1, 0.15) is 23.6 Å². The van der Waals surface area contributed by atoms with Gasteiger partial charge in [-0.25, -0.2) is 14.5 Å². The molecule has 0 aliphatic carbocycles. The summed E-state index contributed by atoms with van der Waals surface area (Å²) in [6.07, 6.45) is 0.349. The van der Waals surface area contributed by atoms with E-state index in [0.717, 1.165) is 16.0 Å². The first kappa shape index (κ1) is 20.8. The van der Waals surface area contributed by atoms with Crippen LogP contribution in [-0.2, 0) is 14.4 Å². The Morgan fingerprint density at radius 2 is 1.67 bits per heavy atom. The van der Waals surface area contributed by atoms with E-state index in [2.05, 4.69) is 5.32 Å². The van der Waals surface area contributed by atoms with Crippen LogP contribution in [0.25, 0.3) is 6.08 Å². The Morgan fingerprint density at radius 3 is 2.23 bits per heavy atom. The quantitative estimate of drug-likeness (QED) is 0.581. The summed E-state index contributed by atoms with van der Waals surface area (Å²) in [4.78, 5) is 49.3. The molecule has 8 heteroatoms. The molecule has 4 amide bonds. The van der Waals surface area contributed by atoms with Crippen LogP contribution in [-0.4, -0.2) is 35.0 Å². The minimum Gasteiger partial charge on any atom is -0.479 e. The molecule has 30 heavy (non-hydrogen) atoms. The highest BCUT2D eigenvalue weighted by Crippen LogP contribution is 2.24. The molecule has 8 nitrogen and oxygen atoms in total. The minimum absolute atomic E-state index is 0.193. The number of amides is 4. The molecule has 2 aromatic carbocycles. The number of nitrogens with one attached hydrogen (secondary N) is 1. The third kappa shape index (κ3) is 4.38. The SMILES string of the molecule is Cc1cc(C)cc(N2C(=O)NC(=O)/C(=C\c3ccc(O[C@H](C)C(=O)O)cc3)C2=O)c1. The number of carbonyl (C=O) groups is 4. The van der Waals surface area contributed by atoms with Gasteiger partial charge in [0.1, 0.15) is 11.3 Å². The number of benzene rings is 2. The molecule has 154 valence electrons. The maximum Gasteiger partial charge on any atom is 0.344 e. The number of hydrogen-bond acceptors (Lipinski definition) is 5. The van der Waals surface area contributed by atoms with Crippen LogP contribution in [0.2, 0.25) is 0 Å². The summed E-state index contributed by atoms with van der Waals surface area (Å²) in [5.74, 6) is -2.28. The van der Waals surface area contributed by atoms with Gasteiger partial charge in [-0.05, 0) is 67.8 Å². The van der Waals surface area contributed by atoms with Crippen LogP contribution in [0.15, 0.2) is 48.0 Å². The lowest BCUT2D eigenvalue weighted by molar-refractivity contribution is -0.144. The normalized spacial score (nSPS) is 16.4. The predicted octanol–water partition coefficient (Wildman–Crippen LogP) is 2.82. The minimum atomic E-state index is -1.10. The van der Waals surface area contributed by atoms with Crippen molar-refractivity contribution in [1.29, 1.82) is 0 Å². The molecule has 2 N–H and O–H groups in total. The maximum absolute atomic E-state index is 12.9. The van der Waals surface area contributed by atoms with E-state index in [0.29, 0.717) is 17.0 Å². The van der Waals surface area contributed by atoms with Crippen molar-refractivity contribution < 1.29 is 29.0 Å². The van der Waals surface area contributed by atoms with E-state index in [-0.39, 0.29) is 5.57 Å². The Balaban J connectivity index is 1.90. The number of aliphatic carboxylic acids is 1. The molecule has 1 aliphatic heterocycles. The molecule has 1 atom stereocenters. The number of urea groups is 1. The maximum atomic E-state index is 12.9. The van der Waals surface area contributed by atoms with Crippen molar-refractivity contribution in [2.75, 3.05) is 4.90 Å². The van der Waals surface area contributed by atoms with Gasteiger partial charge in [0, 0.05) is 0 Å². The first-order chi connectivity index (χ1) is 14.2. The third-order valence-corrected chi connectivity index (χ3v) is 4.42. The number of anilines is 1.